The summed E-state index contributed by atoms with van der Waals surface area (Å²) in [7, 11) is 0. The molecule has 0 N–H and O–H groups in total. The molecule has 3 heterocycles. The van der Waals surface area contributed by atoms with Crippen molar-refractivity contribution in [3.05, 3.63) is 71.6 Å². The van der Waals surface area contributed by atoms with E-state index in [4.69, 9.17) is 0 Å². The van der Waals surface area contributed by atoms with E-state index in [0.29, 0.717) is 31.6 Å². The van der Waals surface area contributed by atoms with Crippen LogP contribution in [0.15, 0.2) is 54.7 Å². The first kappa shape index (κ1) is 19.4. The van der Waals surface area contributed by atoms with Crippen molar-refractivity contribution >= 4 is 17.9 Å². The van der Waals surface area contributed by atoms with Crippen molar-refractivity contribution in [3.8, 4) is 0 Å². The molecule has 0 unspecified atom stereocenters. The van der Waals surface area contributed by atoms with E-state index in [0.717, 1.165) is 30.6 Å². The van der Waals surface area contributed by atoms with E-state index in [1.54, 1.807) is 6.20 Å². The van der Waals surface area contributed by atoms with Crippen molar-refractivity contribution in [3.63, 3.8) is 0 Å². The number of aryl methyl sites for hydroxylation is 1. The molecule has 5 nitrogen and oxygen atoms in total. The minimum atomic E-state index is 0.0123. The number of pyridine rings is 1. The van der Waals surface area contributed by atoms with E-state index in [9.17, 15) is 9.59 Å². The van der Waals surface area contributed by atoms with Crippen LogP contribution in [0.2, 0.25) is 0 Å². The highest BCUT2D eigenvalue weighted by Crippen LogP contribution is 2.41. The third-order valence-electron chi connectivity index (χ3n) is 6.19. The summed E-state index contributed by atoms with van der Waals surface area (Å²) in [6, 6.07) is 13.8. The molecule has 0 bridgehead atoms. The Balaban J connectivity index is 1.34. The zero-order chi connectivity index (χ0) is 20.3. The maximum Gasteiger partial charge on any atom is 0.255 e. The molecule has 5 heteroatoms. The molecule has 2 aliphatic heterocycles. The minimum absolute atomic E-state index is 0.0123. The van der Waals surface area contributed by atoms with Crippen molar-refractivity contribution in [2.45, 2.75) is 26.2 Å². The van der Waals surface area contributed by atoms with Crippen LogP contribution in [-0.4, -0.2) is 52.8 Å². The zero-order valence-electron chi connectivity index (χ0n) is 16.9. The Bertz CT molecular complexity index is 915. The van der Waals surface area contributed by atoms with Gasteiger partial charge in [-0.3, -0.25) is 14.6 Å². The van der Waals surface area contributed by atoms with Crippen LogP contribution in [0.4, 0.5) is 0 Å². The van der Waals surface area contributed by atoms with Crippen molar-refractivity contribution < 1.29 is 9.59 Å². The van der Waals surface area contributed by atoms with Gasteiger partial charge in [0.15, 0.2) is 0 Å². The lowest BCUT2D eigenvalue weighted by atomic mass is 9.77. The molecule has 2 amide bonds. The predicted molar refractivity (Wildman–Crippen MR) is 113 cm³/mol. The second-order valence-corrected chi connectivity index (χ2v) is 8.19. The lowest BCUT2D eigenvalue weighted by Crippen LogP contribution is -2.44. The number of piperidine rings is 1. The van der Waals surface area contributed by atoms with E-state index in [2.05, 4.69) is 29.3 Å². The molecule has 2 aliphatic rings. The Morgan fingerprint density at radius 1 is 1.14 bits per heavy atom. The van der Waals surface area contributed by atoms with Gasteiger partial charge in [-0.05, 0) is 37.5 Å². The van der Waals surface area contributed by atoms with Gasteiger partial charge in [-0.2, -0.15) is 0 Å². The number of hydrogen-bond acceptors (Lipinski definition) is 3. The number of carbonyl (C=O) groups is 2. The predicted octanol–water partition coefficient (Wildman–Crippen LogP) is 3.56. The van der Waals surface area contributed by atoms with Gasteiger partial charge in [0.05, 0.1) is 5.56 Å². The van der Waals surface area contributed by atoms with E-state index in [1.807, 2.05) is 47.1 Å². The Labute approximate surface area is 172 Å². The van der Waals surface area contributed by atoms with Crippen LogP contribution >= 0.6 is 0 Å². The normalized spacial score (nSPS) is 18.7. The summed E-state index contributed by atoms with van der Waals surface area (Å²) in [6.07, 6.45) is 8.19. The van der Waals surface area contributed by atoms with Gasteiger partial charge in [0.1, 0.15) is 0 Å². The average Bonchev–Trinajstić information content (AvgIpc) is 3.04. The highest BCUT2D eigenvalue weighted by molar-refractivity contribution is 5.95. The Kier molecular flexibility index (Phi) is 5.47. The maximum atomic E-state index is 12.8. The molecular weight excluding hydrogens is 362 g/mol. The molecular formula is C24H27N3O2. The molecule has 0 aliphatic carbocycles. The molecule has 0 radical (unpaired) electrons. The first-order valence-corrected chi connectivity index (χ1v) is 10.3. The van der Waals surface area contributed by atoms with Gasteiger partial charge in [-0.15, -0.1) is 0 Å². The standard InChI is InChI=1S/C24H27N3O2/c1-19-21(10-5-13-25-19)23(29)26-15-11-24(12-16-26)17-22(28)27(18-24)14-6-9-20-7-3-2-4-8-20/h2-10,13H,11-12,14-18H2,1H3. The first-order chi connectivity index (χ1) is 14.1. The van der Waals surface area contributed by atoms with E-state index in [-0.39, 0.29) is 17.2 Å². The molecule has 2 aromatic rings. The van der Waals surface area contributed by atoms with Crippen LogP contribution in [0.25, 0.3) is 6.08 Å². The van der Waals surface area contributed by atoms with E-state index in [1.165, 1.54) is 0 Å². The van der Waals surface area contributed by atoms with E-state index < -0.39 is 0 Å². The zero-order valence-corrected chi connectivity index (χ0v) is 16.9. The number of aromatic nitrogens is 1. The van der Waals surface area contributed by atoms with Crippen molar-refractivity contribution in [1.29, 1.82) is 0 Å². The number of nitrogens with zero attached hydrogens (tertiary/aromatic N) is 3. The summed E-state index contributed by atoms with van der Waals surface area (Å²) < 4.78 is 0. The number of amides is 2. The topological polar surface area (TPSA) is 53.5 Å². The lowest BCUT2D eigenvalue weighted by molar-refractivity contribution is -0.127. The molecule has 0 saturated carbocycles. The van der Waals surface area contributed by atoms with Gasteiger partial charge >= 0.3 is 0 Å². The second kappa shape index (κ2) is 8.19. The summed E-state index contributed by atoms with van der Waals surface area (Å²) in [4.78, 5) is 33.5. The summed E-state index contributed by atoms with van der Waals surface area (Å²) in [5.41, 5.74) is 2.61. The highest BCUT2D eigenvalue weighted by atomic mass is 16.2. The number of rotatable bonds is 4. The highest BCUT2D eigenvalue weighted by Gasteiger charge is 2.45. The third kappa shape index (κ3) is 4.24. The summed E-state index contributed by atoms with van der Waals surface area (Å²) in [6.45, 7) is 4.71. The SMILES string of the molecule is Cc1ncccc1C(=O)N1CCC2(CC1)CC(=O)N(CC=Cc1ccccc1)C2. The summed E-state index contributed by atoms with van der Waals surface area (Å²) in [5.74, 6) is 0.281. The van der Waals surface area contributed by atoms with Crippen LogP contribution in [-0.2, 0) is 4.79 Å². The second-order valence-electron chi connectivity index (χ2n) is 8.19. The molecule has 150 valence electrons. The minimum Gasteiger partial charge on any atom is -0.339 e. The molecule has 4 rings (SSSR count). The van der Waals surface area contributed by atoms with Crippen LogP contribution in [0.1, 0.15) is 40.9 Å². The molecule has 1 spiro atoms. The van der Waals surface area contributed by atoms with Gasteiger partial charge in [0, 0.05) is 49.9 Å². The first-order valence-electron chi connectivity index (χ1n) is 10.3. The van der Waals surface area contributed by atoms with Gasteiger partial charge < -0.3 is 9.80 Å². The number of benzene rings is 1. The number of likely N-dealkylation sites (tertiary alicyclic amines) is 2. The van der Waals surface area contributed by atoms with Crippen molar-refractivity contribution in [1.82, 2.24) is 14.8 Å². The number of hydrogen-bond donors (Lipinski definition) is 0. The fraction of sp³-hybridized carbons (Fsp3) is 0.375. The van der Waals surface area contributed by atoms with E-state index >= 15 is 0 Å². The van der Waals surface area contributed by atoms with Crippen molar-refractivity contribution in [2.24, 2.45) is 5.41 Å². The third-order valence-corrected chi connectivity index (χ3v) is 6.19. The maximum absolute atomic E-state index is 12.8. The Hall–Kier alpha value is -2.95. The summed E-state index contributed by atoms with van der Waals surface area (Å²) >= 11 is 0. The van der Waals surface area contributed by atoms with Crippen LogP contribution in [0.5, 0.6) is 0 Å². The molecule has 29 heavy (non-hydrogen) atoms. The van der Waals surface area contributed by atoms with Crippen LogP contribution in [0.3, 0.4) is 0 Å². The average molecular weight is 389 g/mol. The van der Waals surface area contributed by atoms with Crippen molar-refractivity contribution in [2.75, 3.05) is 26.2 Å². The monoisotopic (exact) mass is 389 g/mol. The van der Waals surface area contributed by atoms with Gasteiger partial charge in [0.25, 0.3) is 5.91 Å². The smallest absolute Gasteiger partial charge is 0.255 e. The quantitative estimate of drug-likeness (QED) is 0.803. The van der Waals surface area contributed by atoms with Crippen LogP contribution in [0, 0.1) is 12.3 Å². The van der Waals surface area contributed by atoms with Crippen LogP contribution < -0.4 is 0 Å². The largest absolute Gasteiger partial charge is 0.339 e. The Morgan fingerprint density at radius 3 is 2.62 bits per heavy atom. The Morgan fingerprint density at radius 2 is 1.90 bits per heavy atom. The number of carbonyl (C=O) groups excluding carboxylic acids is 2. The van der Waals surface area contributed by atoms with Gasteiger partial charge in [-0.25, -0.2) is 0 Å². The van der Waals surface area contributed by atoms with Gasteiger partial charge in [0.2, 0.25) is 5.91 Å². The fourth-order valence-electron chi connectivity index (χ4n) is 4.43. The van der Waals surface area contributed by atoms with Gasteiger partial charge in [-0.1, -0.05) is 42.5 Å². The molecule has 0 atom stereocenters. The molecule has 1 aromatic carbocycles. The fourth-order valence-corrected chi connectivity index (χ4v) is 4.43. The summed E-state index contributed by atoms with van der Waals surface area (Å²) in [5, 5.41) is 0. The molecule has 1 aromatic heterocycles. The lowest BCUT2D eigenvalue weighted by Gasteiger charge is -2.38. The molecule has 2 fully saturated rings. The molecule has 2 saturated heterocycles.